The van der Waals surface area contributed by atoms with Crippen LogP contribution >= 0.6 is 0 Å². The molecule has 0 aromatic heterocycles. The van der Waals surface area contributed by atoms with E-state index < -0.39 is 0 Å². The van der Waals surface area contributed by atoms with Crippen molar-refractivity contribution in [3.63, 3.8) is 0 Å². The van der Waals surface area contributed by atoms with E-state index in [0.717, 1.165) is 11.1 Å². The van der Waals surface area contributed by atoms with Crippen LogP contribution in [0.1, 0.15) is 29.7 Å². The number of aryl methyl sites for hydroxylation is 2. The molecule has 0 heterocycles. The van der Waals surface area contributed by atoms with Crippen molar-refractivity contribution < 1.29 is 9.13 Å². The highest BCUT2D eigenvalue weighted by Gasteiger charge is 2.17. The molecule has 0 aliphatic carbocycles. The van der Waals surface area contributed by atoms with E-state index in [4.69, 9.17) is 10.5 Å². The van der Waals surface area contributed by atoms with Crippen molar-refractivity contribution in [2.75, 3.05) is 0 Å². The molecule has 106 valence electrons. The number of rotatable bonds is 4. The Bertz CT molecular complexity index is 580. The number of benzene rings is 2. The van der Waals surface area contributed by atoms with E-state index in [1.807, 2.05) is 45.0 Å². The zero-order valence-corrected chi connectivity index (χ0v) is 12.1. The van der Waals surface area contributed by atoms with Gasteiger partial charge in [0.1, 0.15) is 17.7 Å². The van der Waals surface area contributed by atoms with Crippen LogP contribution in [0.15, 0.2) is 42.5 Å². The minimum absolute atomic E-state index is 0.238. The molecule has 2 aromatic rings. The maximum absolute atomic E-state index is 13.3. The van der Waals surface area contributed by atoms with Crippen LogP contribution in [-0.4, -0.2) is 6.10 Å². The lowest BCUT2D eigenvalue weighted by Gasteiger charge is -2.23. The Balaban J connectivity index is 2.13. The summed E-state index contributed by atoms with van der Waals surface area (Å²) in [5.74, 6) is 0.238. The Morgan fingerprint density at radius 2 is 1.70 bits per heavy atom. The van der Waals surface area contributed by atoms with Gasteiger partial charge in [0.15, 0.2) is 0 Å². The van der Waals surface area contributed by atoms with Gasteiger partial charge in [-0.2, -0.15) is 0 Å². The second-order valence-corrected chi connectivity index (χ2v) is 5.17. The maximum atomic E-state index is 13.3. The number of hydrogen-bond donors (Lipinski definition) is 1. The van der Waals surface area contributed by atoms with E-state index >= 15 is 0 Å². The van der Waals surface area contributed by atoms with Gasteiger partial charge in [-0.1, -0.05) is 35.9 Å². The molecule has 0 saturated heterocycles. The molecule has 3 heteroatoms. The van der Waals surface area contributed by atoms with Crippen LogP contribution in [0.2, 0.25) is 0 Å². The van der Waals surface area contributed by atoms with Gasteiger partial charge in [0.05, 0.1) is 6.04 Å². The summed E-state index contributed by atoms with van der Waals surface area (Å²) in [6, 6.07) is 12.3. The van der Waals surface area contributed by atoms with Crippen molar-refractivity contribution in [1.29, 1.82) is 0 Å². The Morgan fingerprint density at radius 3 is 2.35 bits per heavy atom. The Kier molecular flexibility index (Phi) is 4.40. The average Bonchev–Trinajstić information content (AvgIpc) is 2.43. The van der Waals surface area contributed by atoms with Gasteiger partial charge in [-0.3, -0.25) is 0 Å². The minimum atomic E-state index is -0.304. The van der Waals surface area contributed by atoms with Gasteiger partial charge < -0.3 is 10.5 Å². The highest BCUT2D eigenvalue weighted by Crippen LogP contribution is 2.24. The van der Waals surface area contributed by atoms with Crippen molar-refractivity contribution in [2.24, 2.45) is 5.73 Å². The van der Waals surface area contributed by atoms with Gasteiger partial charge in [0, 0.05) is 6.07 Å². The van der Waals surface area contributed by atoms with E-state index in [-0.39, 0.29) is 18.0 Å². The topological polar surface area (TPSA) is 35.2 Å². The average molecular weight is 273 g/mol. The first-order valence-electron chi connectivity index (χ1n) is 6.72. The fourth-order valence-electron chi connectivity index (χ4n) is 2.03. The quantitative estimate of drug-likeness (QED) is 0.916. The van der Waals surface area contributed by atoms with Crippen LogP contribution < -0.4 is 10.5 Å². The van der Waals surface area contributed by atoms with Gasteiger partial charge in [-0.25, -0.2) is 4.39 Å². The molecule has 0 amide bonds. The maximum Gasteiger partial charge on any atom is 0.126 e. The first kappa shape index (κ1) is 14.5. The van der Waals surface area contributed by atoms with Crippen molar-refractivity contribution in [3.05, 3.63) is 65.0 Å². The molecule has 0 aliphatic heterocycles. The molecule has 2 rings (SSSR count). The third-order valence-corrected chi connectivity index (χ3v) is 3.43. The molecule has 0 fully saturated rings. The van der Waals surface area contributed by atoms with E-state index in [1.165, 1.54) is 17.7 Å². The van der Waals surface area contributed by atoms with Crippen LogP contribution in [0.3, 0.4) is 0 Å². The predicted molar refractivity (Wildman–Crippen MR) is 79.3 cm³/mol. The zero-order chi connectivity index (χ0) is 14.7. The van der Waals surface area contributed by atoms with Crippen molar-refractivity contribution in [3.8, 4) is 5.75 Å². The van der Waals surface area contributed by atoms with Crippen molar-refractivity contribution in [1.82, 2.24) is 0 Å². The molecule has 2 N–H and O–H groups in total. The number of ether oxygens (including phenoxy) is 1. The second kappa shape index (κ2) is 6.06. The summed E-state index contributed by atoms with van der Waals surface area (Å²) < 4.78 is 19.1. The third kappa shape index (κ3) is 3.36. The Hall–Kier alpha value is -1.87. The largest absolute Gasteiger partial charge is 0.488 e. The molecular formula is C17H20FNO. The summed E-state index contributed by atoms with van der Waals surface area (Å²) in [7, 11) is 0. The number of halogens is 1. The standard InChI is InChI=1S/C17H20FNO/c1-11-4-7-14(8-5-11)17(19)13(3)20-16-10-15(18)9-6-12(16)2/h4-10,13,17H,19H2,1-3H3. The summed E-state index contributed by atoms with van der Waals surface area (Å²) in [5, 5.41) is 0. The van der Waals surface area contributed by atoms with Crippen molar-refractivity contribution >= 4 is 0 Å². The minimum Gasteiger partial charge on any atom is -0.488 e. The van der Waals surface area contributed by atoms with Crippen LogP contribution in [0.4, 0.5) is 4.39 Å². The van der Waals surface area contributed by atoms with E-state index in [1.54, 1.807) is 6.07 Å². The molecule has 2 aromatic carbocycles. The smallest absolute Gasteiger partial charge is 0.126 e. The molecule has 2 atom stereocenters. The molecule has 0 saturated carbocycles. The van der Waals surface area contributed by atoms with Crippen LogP contribution in [0.25, 0.3) is 0 Å². The lowest BCUT2D eigenvalue weighted by Crippen LogP contribution is -2.29. The SMILES string of the molecule is Cc1ccc(C(N)C(C)Oc2cc(F)ccc2C)cc1. The number of nitrogens with two attached hydrogens (primary N) is 1. The highest BCUT2D eigenvalue weighted by atomic mass is 19.1. The second-order valence-electron chi connectivity index (χ2n) is 5.17. The van der Waals surface area contributed by atoms with Gasteiger partial charge in [-0.05, 0) is 38.0 Å². The zero-order valence-electron chi connectivity index (χ0n) is 12.1. The fraction of sp³-hybridized carbons (Fsp3) is 0.294. The predicted octanol–water partition coefficient (Wildman–Crippen LogP) is 3.91. The van der Waals surface area contributed by atoms with Crippen molar-refractivity contribution in [2.45, 2.75) is 32.9 Å². The van der Waals surface area contributed by atoms with Crippen LogP contribution in [-0.2, 0) is 0 Å². The molecule has 2 nitrogen and oxygen atoms in total. The summed E-state index contributed by atoms with van der Waals surface area (Å²) in [6.45, 7) is 5.82. The normalized spacial score (nSPS) is 13.8. The molecule has 20 heavy (non-hydrogen) atoms. The lowest BCUT2D eigenvalue weighted by molar-refractivity contribution is 0.188. The summed E-state index contributed by atoms with van der Waals surface area (Å²) in [5.41, 5.74) is 9.30. The van der Waals surface area contributed by atoms with Gasteiger partial charge in [0.2, 0.25) is 0 Å². The van der Waals surface area contributed by atoms with Gasteiger partial charge in [0.25, 0.3) is 0 Å². The molecule has 2 unspecified atom stereocenters. The van der Waals surface area contributed by atoms with E-state index in [0.29, 0.717) is 5.75 Å². The molecule has 0 bridgehead atoms. The first-order valence-corrected chi connectivity index (χ1v) is 6.72. The molecule has 0 spiro atoms. The molecule has 0 aliphatic rings. The fourth-order valence-corrected chi connectivity index (χ4v) is 2.03. The lowest BCUT2D eigenvalue weighted by atomic mass is 10.0. The molecular weight excluding hydrogens is 253 g/mol. The van der Waals surface area contributed by atoms with Crippen LogP contribution in [0, 0.1) is 19.7 Å². The van der Waals surface area contributed by atoms with Gasteiger partial charge >= 0.3 is 0 Å². The van der Waals surface area contributed by atoms with Gasteiger partial charge in [-0.15, -0.1) is 0 Å². The van der Waals surface area contributed by atoms with E-state index in [9.17, 15) is 4.39 Å². The summed E-state index contributed by atoms with van der Waals surface area (Å²) >= 11 is 0. The van der Waals surface area contributed by atoms with E-state index in [2.05, 4.69) is 0 Å². The highest BCUT2D eigenvalue weighted by molar-refractivity contribution is 5.33. The monoisotopic (exact) mass is 273 g/mol. The first-order chi connectivity index (χ1) is 9.47. The Morgan fingerprint density at radius 1 is 1.05 bits per heavy atom. The summed E-state index contributed by atoms with van der Waals surface area (Å²) in [6.07, 6.45) is -0.238. The third-order valence-electron chi connectivity index (χ3n) is 3.43. The number of hydrogen-bond acceptors (Lipinski definition) is 2. The van der Waals surface area contributed by atoms with Crippen LogP contribution in [0.5, 0.6) is 5.75 Å². The molecule has 0 radical (unpaired) electrons. The summed E-state index contributed by atoms with van der Waals surface area (Å²) in [4.78, 5) is 0. The Labute approximate surface area is 119 Å².